The minimum Gasteiger partial charge on any atom is -0.487 e. The molecule has 2 amide bonds. The lowest BCUT2D eigenvalue weighted by atomic mass is 9.66. The van der Waals surface area contributed by atoms with Gasteiger partial charge in [0.1, 0.15) is 18.1 Å². The maximum atomic E-state index is 14.3. The first kappa shape index (κ1) is 27.6. The zero-order valence-electron chi connectivity index (χ0n) is 23.1. The quantitative estimate of drug-likeness (QED) is 0.399. The Morgan fingerprint density at radius 3 is 2.76 bits per heavy atom. The van der Waals surface area contributed by atoms with Crippen LogP contribution >= 0.6 is 11.6 Å². The second-order valence-corrected chi connectivity index (χ2v) is 12.0. The summed E-state index contributed by atoms with van der Waals surface area (Å²) in [5, 5.41) is 15.8. The van der Waals surface area contributed by atoms with Crippen LogP contribution in [0, 0.1) is 11.3 Å². The van der Waals surface area contributed by atoms with E-state index in [1.807, 2.05) is 24.3 Å². The summed E-state index contributed by atoms with van der Waals surface area (Å²) >= 11 is 6.72. The fraction of sp³-hybridized carbons (Fsp3) is 0.484. The number of carbonyl (C=O) groups excluding carboxylic acids is 2. The summed E-state index contributed by atoms with van der Waals surface area (Å²) in [4.78, 5) is 43.0. The van der Waals surface area contributed by atoms with Crippen LogP contribution in [0.3, 0.4) is 0 Å². The highest BCUT2D eigenvalue weighted by atomic mass is 35.5. The summed E-state index contributed by atoms with van der Waals surface area (Å²) in [6, 6.07) is 10.6. The Kier molecular flexibility index (Phi) is 7.40. The van der Waals surface area contributed by atoms with Crippen LogP contribution in [0.2, 0.25) is 5.02 Å². The minimum atomic E-state index is -1.13. The average Bonchev–Trinajstić information content (AvgIpc) is 3.58. The van der Waals surface area contributed by atoms with Crippen molar-refractivity contribution in [2.24, 2.45) is 11.3 Å². The number of para-hydroxylation sites is 1. The van der Waals surface area contributed by atoms with E-state index in [1.165, 1.54) is 0 Å². The highest BCUT2D eigenvalue weighted by Crippen LogP contribution is 2.46. The molecule has 0 unspecified atom stereocenters. The number of ether oxygens (including phenoxy) is 1. The van der Waals surface area contributed by atoms with E-state index < -0.39 is 23.3 Å². The van der Waals surface area contributed by atoms with Gasteiger partial charge in [-0.1, -0.05) is 41.7 Å². The third kappa shape index (κ3) is 4.94. The Balaban J connectivity index is 1.38. The fourth-order valence-corrected chi connectivity index (χ4v) is 7.10. The van der Waals surface area contributed by atoms with Crippen LogP contribution in [-0.2, 0) is 27.4 Å². The third-order valence-electron chi connectivity index (χ3n) is 9.23. The van der Waals surface area contributed by atoms with E-state index in [4.69, 9.17) is 20.9 Å². The van der Waals surface area contributed by atoms with Crippen LogP contribution in [0.1, 0.15) is 68.3 Å². The molecule has 0 spiro atoms. The predicted octanol–water partition coefficient (Wildman–Crippen LogP) is 5.39. The molecule has 3 aliphatic rings. The molecule has 0 radical (unpaired) electrons. The van der Waals surface area contributed by atoms with Crippen LogP contribution in [0.25, 0.3) is 11.0 Å². The Morgan fingerprint density at radius 1 is 1.15 bits per heavy atom. The molecule has 1 aromatic heterocycles. The lowest BCUT2D eigenvalue weighted by molar-refractivity contribution is -0.162. The van der Waals surface area contributed by atoms with Gasteiger partial charge < -0.3 is 24.2 Å². The highest BCUT2D eigenvalue weighted by Gasteiger charge is 2.50. The van der Waals surface area contributed by atoms with Crippen molar-refractivity contribution in [2.45, 2.75) is 64.5 Å². The Labute approximate surface area is 243 Å². The third-order valence-corrected chi connectivity index (χ3v) is 9.59. The van der Waals surface area contributed by atoms with Crippen molar-refractivity contribution in [3.05, 3.63) is 58.2 Å². The van der Waals surface area contributed by atoms with Crippen molar-refractivity contribution < 1.29 is 28.8 Å². The van der Waals surface area contributed by atoms with Gasteiger partial charge in [-0.05, 0) is 62.4 Å². The number of halogens is 1. The number of carboxylic acid groups (broad SMARTS) is 1. The van der Waals surface area contributed by atoms with E-state index in [0.29, 0.717) is 67.4 Å². The van der Waals surface area contributed by atoms with Gasteiger partial charge in [-0.2, -0.15) is 0 Å². The summed E-state index contributed by atoms with van der Waals surface area (Å²) in [6.45, 7) is 3.15. The summed E-state index contributed by atoms with van der Waals surface area (Å²) in [5.41, 5.74) is 1.85. The number of hydrogen-bond donors (Lipinski definition) is 1. The van der Waals surface area contributed by atoms with Crippen LogP contribution < -0.4 is 4.74 Å². The topological polar surface area (TPSA) is 113 Å². The number of aromatic nitrogens is 1. The lowest BCUT2D eigenvalue weighted by Gasteiger charge is -2.45. The van der Waals surface area contributed by atoms with Gasteiger partial charge in [0.05, 0.1) is 17.4 Å². The van der Waals surface area contributed by atoms with Crippen LogP contribution in [0.5, 0.6) is 5.75 Å². The molecule has 1 saturated carbocycles. The van der Waals surface area contributed by atoms with Crippen molar-refractivity contribution in [3.63, 3.8) is 0 Å². The Bertz CT molecular complexity index is 1500. The molecule has 2 aromatic carbocycles. The van der Waals surface area contributed by atoms with Crippen LogP contribution in [-0.4, -0.2) is 57.5 Å². The molecule has 3 aromatic rings. The Morgan fingerprint density at radius 2 is 1.98 bits per heavy atom. The van der Waals surface area contributed by atoms with Gasteiger partial charge in [-0.15, -0.1) is 0 Å². The standard InChI is InChI=1S/C31H34ClN3O6/c1-31(30(38)39)14-5-4-8-21(31)29(37)35-16-13-19-22(32)11-12-26(28(19)24(35)17-34-15-6-10-27(34)36)40-18-23-20-7-2-3-9-25(20)41-33-23/h2-3,7,9,11-12,21,24H,4-6,8,10,13-18H2,1H3,(H,38,39)/t21-,24+,31-/m0/s1. The molecule has 41 heavy (non-hydrogen) atoms. The molecule has 1 saturated heterocycles. The van der Waals surface area contributed by atoms with E-state index >= 15 is 0 Å². The number of aliphatic carboxylic acids is 1. The zero-order chi connectivity index (χ0) is 28.7. The van der Waals surface area contributed by atoms with Crippen molar-refractivity contribution >= 4 is 40.4 Å². The summed E-state index contributed by atoms with van der Waals surface area (Å²) in [7, 11) is 0. The molecule has 0 bridgehead atoms. The van der Waals surface area contributed by atoms with Gasteiger partial charge in [0, 0.05) is 42.0 Å². The maximum Gasteiger partial charge on any atom is 0.310 e. The van der Waals surface area contributed by atoms with Crippen molar-refractivity contribution in [3.8, 4) is 5.75 Å². The molecular weight excluding hydrogens is 546 g/mol. The monoisotopic (exact) mass is 579 g/mol. The largest absolute Gasteiger partial charge is 0.487 e. The molecule has 9 nitrogen and oxygen atoms in total. The summed E-state index contributed by atoms with van der Waals surface area (Å²) < 4.78 is 11.8. The zero-order valence-corrected chi connectivity index (χ0v) is 23.9. The molecule has 1 aliphatic carbocycles. The SMILES string of the molecule is C[C@]1(C(=O)O)CCCC[C@H]1C(=O)N1CCc2c(Cl)ccc(OCc3noc4ccccc34)c2[C@H]1CN1CCCC1=O. The number of hydrogen-bond acceptors (Lipinski definition) is 6. The first-order chi connectivity index (χ1) is 19.8. The van der Waals surface area contributed by atoms with Crippen molar-refractivity contribution in [1.82, 2.24) is 15.0 Å². The van der Waals surface area contributed by atoms with E-state index in [9.17, 15) is 19.5 Å². The van der Waals surface area contributed by atoms with E-state index in [2.05, 4.69) is 5.16 Å². The first-order valence-corrected chi connectivity index (χ1v) is 14.7. The lowest BCUT2D eigenvalue weighted by Crippen LogP contribution is -2.52. The van der Waals surface area contributed by atoms with E-state index in [-0.39, 0.29) is 18.4 Å². The number of likely N-dealkylation sites (tertiary alicyclic amines) is 1. The number of amides is 2. The molecule has 2 aliphatic heterocycles. The van der Waals surface area contributed by atoms with Crippen LogP contribution in [0.4, 0.5) is 0 Å². The number of nitrogens with zero attached hydrogens (tertiary/aromatic N) is 3. The van der Waals surface area contributed by atoms with Gasteiger partial charge in [0.15, 0.2) is 5.58 Å². The first-order valence-electron chi connectivity index (χ1n) is 14.4. The molecule has 216 valence electrons. The minimum absolute atomic E-state index is 0.0520. The number of carbonyl (C=O) groups is 3. The van der Waals surface area contributed by atoms with Crippen molar-refractivity contribution in [1.29, 1.82) is 0 Å². The highest BCUT2D eigenvalue weighted by molar-refractivity contribution is 6.31. The molecule has 1 N–H and O–H groups in total. The number of benzene rings is 2. The molecule has 2 fully saturated rings. The van der Waals surface area contributed by atoms with Gasteiger partial charge in [0.25, 0.3) is 0 Å². The second kappa shape index (κ2) is 11.0. The van der Waals surface area contributed by atoms with Gasteiger partial charge in [-0.25, -0.2) is 0 Å². The number of carboxylic acids is 1. The summed E-state index contributed by atoms with van der Waals surface area (Å²) in [6.07, 6.45) is 4.33. The predicted molar refractivity (Wildman–Crippen MR) is 151 cm³/mol. The molecular formula is C31H34ClN3O6. The van der Waals surface area contributed by atoms with Crippen LogP contribution in [0.15, 0.2) is 40.9 Å². The number of fused-ring (bicyclic) bond motifs is 2. The fourth-order valence-electron chi connectivity index (χ4n) is 6.84. The molecule has 3 heterocycles. The maximum absolute atomic E-state index is 14.3. The van der Waals surface area contributed by atoms with E-state index in [0.717, 1.165) is 35.8 Å². The van der Waals surface area contributed by atoms with Gasteiger partial charge >= 0.3 is 5.97 Å². The van der Waals surface area contributed by atoms with Crippen molar-refractivity contribution in [2.75, 3.05) is 19.6 Å². The van der Waals surface area contributed by atoms with Gasteiger partial charge in [0.2, 0.25) is 11.8 Å². The van der Waals surface area contributed by atoms with E-state index in [1.54, 1.807) is 28.9 Å². The molecule has 6 rings (SSSR count). The van der Waals surface area contributed by atoms with Gasteiger partial charge in [-0.3, -0.25) is 14.4 Å². The molecule has 3 atom stereocenters. The normalized spacial score (nSPS) is 24.5. The summed E-state index contributed by atoms with van der Waals surface area (Å²) in [5.74, 6) is -1.14. The second-order valence-electron chi connectivity index (χ2n) is 11.6. The smallest absolute Gasteiger partial charge is 0.310 e. The Hall–Kier alpha value is -3.59. The molecule has 10 heteroatoms. The number of rotatable bonds is 7. The average molecular weight is 580 g/mol.